The van der Waals surface area contributed by atoms with E-state index in [2.05, 4.69) is 33.6 Å². The molecule has 17 heavy (non-hydrogen) atoms. The number of aromatic nitrogens is 1. The first-order valence-electron chi connectivity index (χ1n) is 5.93. The lowest BCUT2D eigenvalue weighted by molar-refractivity contribution is 0.157. The summed E-state index contributed by atoms with van der Waals surface area (Å²) in [4.78, 5) is 18.2. The summed E-state index contributed by atoms with van der Waals surface area (Å²) in [6.07, 6.45) is 3.60. The van der Waals surface area contributed by atoms with Crippen LogP contribution in [0.25, 0.3) is 0 Å². The quantitative estimate of drug-likeness (QED) is 0.705. The Kier molecular flexibility index (Phi) is 2.29. The van der Waals surface area contributed by atoms with Gasteiger partial charge in [-0.05, 0) is 26.0 Å². The SMILES string of the molecule is CN1CCC2(CC1)NC(=O)Nc1ncccc12. The summed E-state index contributed by atoms with van der Waals surface area (Å²) in [5.41, 5.74) is 0.894. The maximum atomic E-state index is 11.7. The van der Waals surface area contributed by atoms with Gasteiger partial charge in [0.1, 0.15) is 5.82 Å². The van der Waals surface area contributed by atoms with Crippen molar-refractivity contribution in [3.05, 3.63) is 23.9 Å². The van der Waals surface area contributed by atoms with E-state index in [-0.39, 0.29) is 11.6 Å². The summed E-state index contributed by atoms with van der Waals surface area (Å²) in [5.74, 6) is 0.709. The number of fused-ring (bicyclic) bond motifs is 2. The predicted molar refractivity (Wildman–Crippen MR) is 64.8 cm³/mol. The zero-order chi connectivity index (χ0) is 11.9. The highest BCUT2D eigenvalue weighted by atomic mass is 16.2. The lowest BCUT2D eigenvalue weighted by atomic mass is 9.80. The summed E-state index contributed by atoms with van der Waals surface area (Å²) < 4.78 is 0. The number of carbonyl (C=O) groups is 1. The van der Waals surface area contributed by atoms with Gasteiger partial charge in [0, 0.05) is 24.8 Å². The fourth-order valence-corrected chi connectivity index (χ4v) is 2.71. The second-order valence-corrected chi connectivity index (χ2v) is 4.86. The Hall–Kier alpha value is -1.62. The zero-order valence-corrected chi connectivity index (χ0v) is 9.86. The molecule has 3 heterocycles. The molecule has 0 aromatic carbocycles. The minimum atomic E-state index is -0.224. The third-order valence-corrected chi connectivity index (χ3v) is 3.75. The van der Waals surface area contributed by atoms with Gasteiger partial charge in [0.05, 0.1) is 5.54 Å². The van der Waals surface area contributed by atoms with Gasteiger partial charge in [0.25, 0.3) is 0 Å². The molecule has 90 valence electrons. The van der Waals surface area contributed by atoms with Crippen LogP contribution in [-0.4, -0.2) is 36.1 Å². The molecule has 0 atom stereocenters. The Morgan fingerprint density at radius 1 is 1.41 bits per heavy atom. The van der Waals surface area contributed by atoms with E-state index in [1.54, 1.807) is 6.20 Å². The molecule has 0 radical (unpaired) electrons. The number of urea groups is 1. The van der Waals surface area contributed by atoms with E-state index < -0.39 is 0 Å². The fraction of sp³-hybridized carbons (Fsp3) is 0.500. The average Bonchev–Trinajstić information content (AvgIpc) is 2.33. The molecule has 1 saturated heterocycles. The van der Waals surface area contributed by atoms with E-state index in [1.807, 2.05) is 6.07 Å². The number of hydrogen-bond acceptors (Lipinski definition) is 3. The Morgan fingerprint density at radius 3 is 2.94 bits per heavy atom. The van der Waals surface area contributed by atoms with Crippen LogP contribution in [0.1, 0.15) is 18.4 Å². The third-order valence-electron chi connectivity index (χ3n) is 3.75. The number of anilines is 1. The molecule has 0 aliphatic carbocycles. The maximum absolute atomic E-state index is 11.7. The number of pyridine rings is 1. The van der Waals surface area contributed by atoms with Crippen LogP contribution in [0.15, 0.2) is 18.3 Å². The first-order chi connectivity index (χ1) is 8.20. The minimum Gasteiger partial charge on any atom is -0.328 e. The summed E-state index contributed by atoms with van der Waals surface area (Å²) in [6, 6.07) is 3.85. The number of nitrogens with zero attached hydrogens (tertiary/aromatic N) is 2. The molecule has 0 unspecified atom stereocenters. The molecule has 0 bridgehead atoms. The monoisotopic (exact) mass is 232 g/mol. The van der Waals surface area contributed by atoms with Crippen LogP contribution in [0.3, 0.4) is 0 Å². The first-order valence-corrected chi connectivity index (χ1v) is 5.93. The molecular weight excluding hydrogens is 216 g/mol. The van der Waals surface area contributed by atoms with E-state index >= 15 is 0 Å². The second kappa shape index (κ2) is 3.70. The van der Waals surface area contributed by atoms with Gasteiger partial charge in [-0.2, -0.15) is 0 Å². The standard InChI is InChI=1S/C12H16N4O/c1-16-7-4-12(5-8-16)9-3-2-6-13-10(9)14-11(17)15-12/h2-3,6H,4-5,7-8H2,1H3,(H2,13,14,15,17). The summed E-state index contributed by atoms with van der Waals surface area (Å²) in [6.45, 7) is 1.99. The topological polar surface area (TPSA) is 57.3 Å². The molecule has 0 saturated carbocycles. The van der Waals surface area contributed by atoms with Gasteiger partial charge in [-0.3, -0.25) is 5.32 Å². The largest absolute Gasteiger partial charge is 0.328 e. The van der Waals surface area contributed by atoms with Gasteiger partial charge in [-0.25, -0.2) is 9.78 Å². The van der Waals surface area contributed by atoms with Gasteiger partial charge < -0.3 is 10.2 Å². The molecule has 1 aromatic rings. The third kappa shape index (κ3) is 1.67. The Balaban J connectivity index is 2.02. The number of rotatable bonds is 0. The molecular formula is C12H16N4O. The van der Waals surface area contributed by atoms with Crippen molar-refractivity contribution in [1.29, 1.82) is 0 Å². The summed E-state index contributed by atoms with van der Waals surface area (Å²) in [7, 11) is 2.11. The van der Waals surface area contributed by atoms with E-state index in [0.29, 0.717) is 5.82 Å². The summed E-state index contributed by atoms with van der Waals surface area (Å²) in [5, 5.41) is 5.86. The zero-order valence-electron chi connectivity index (χ0n) is 9.86. The number of nitrogens with one attached hydrogen (secondary N) is 2. The van der Waals surface area contributed by atoms with E-state index in [0.717, 1.165) is 31.5 Å². The number of carbonyl (C=O) groups excluding carboxylic acids is 1. The number of piperidine rings is 1. The highest BCUT2D eigenvalue weighted by molar-refractivity contribution is 5.92. The van der Waals surface area contributed by atoms with Gasteiger partial charge >= 0.3 is 6.03 Å². The molecule has 2 aliphatic heterocycles. The summed E-state index contributed by atoms with van der Waals surface area (Å²) >= 11 is 0. The second-order valence-electron chi connectivity index (χ2n) is 4.86. The normalized spacial score (nSPS) is 22.8. The molecule has 1 aromatic heterocycles. The van der Waals surface area contributed by atoms with Crippen LogP contribution in [0.2, 0.25) is 0 Å². The van der Waals surface area contributed by atoms with Crippen LogP contribution in [0.4, 0.5) is 10.6 Å². The lowest BCUT2D eigenvalue weighted by Crippen LogP contribution is -2.56. The van der Waals surface area contributed by atoms with Crippen molar-refractivity contribution in [1.82, 2.24) is 15.2 Å². The van der Waals surface area contributed by atoms with E-state index in [1.165, 1.54) is 0 Å². The predicted octanol–water partition coefficient (Wildman–Crippen LogP) is 1.14. The molecule has 2 aliphatic rings. The smallest absolute Gasteiger partial charge is 0.321 e. The molecule has 5 nitrogen and oxygen atoms in total. The van der Waals surface area contributed by atoms with Crippen molar-refractivity contribution < 1.29 is 4.79 Å². The molecule has 5 heteroatoms. The van der Waals surface area contributed by atoms with Crippen LogP contribution >= 0.6 is 0 Å². The van der Waals surface area contributed by atoms with Crippen LogP contribution in [0, 0.1) is 0 Å². The number of hydrogen-bond donors (Lipinski definition) is 2. The molecule has 2 amide bonds. The van der Waals surface area contributed by atoms with Gasteiger partial charge in [0.15, 0.2) is 0 Å². The fourth-order valence-electron chi connectivity index (χ4n) is 2.71. The molecule has 3 rings (SSSR count). The van der Waals surface area contributed by atoms with Crippen molar-refractivity contribution in [3.63, 3.8) is 0 Å². The molecule has 2 N–H and O–H groups in total. The molecule has 1 spiro atoms. The van der Waals surface area contributed by atoms with Crippen LogP contribution < -0.4 is 10.6 Å². The highest BCUT2D eigenvalue weighted by Gasteiger charge is 2.41. The Labute approximate surface area is 100 Å². The van der Waals surface area contributed by atoms with Crippen LogP contribution in [0.5, 0.6) is 0 Å². The van der Waals surface area contributed by atoms with E-state index in [4.69, 9.17) is 0 Å². The van der Waals surface area contributed by atoms with E-state index in [9.17, 15) is 4.79 Å². The van der Waals surface area contributed by atoms with Crippen molar-refractivity contribution in [2.45, 2.75) is 18.4 Å². The van der Waals surface area contributed by atoms with Gasteiger partial charge in [-0.1, -0.05) is 6.07 Å². The lowest BCUT2D eigenvalue weighted by Gasteiger charge is -2.44. The van der Waals surface area contributed by atoms with Crippen molar-refractivity contribution in [3.8, 4) is 0 Å². The number of likely N-dealkylation sites (tertiary alicyclic amines) is 1. The first kappa shape index (κ1) is 10.5. The Bertz CT molecular complexity index is 452. The van der Waals surface area contributed by atoms with Gasteiger partial charge in [0.2, 0.25) is 0 Å². The molecule has 1 fully saturated rings. The van der Waals surface area contributed by atoms with Gasteiger partial charge in [-0.15, -0.1) is 0 Å². The Morgan fingerprint density at radius 2 is 2.18 bits per heavy atom. The van der Waals surface area contributed by atoms with Crippen LogP contribution in [-0.2, 0) is 5.54 Å². The number of amides is 2. The average molecular weight is 232 g/mol. The van der Waals surface area contributed by atoms with Crippen molar-refractivity contribution in [2.24, 2.45) is 0 Å². The maximum Gasteiger partial charge on any atom is 0.321 e. The minimum absolute atomic E-state index is 0.138. The highest BCUT2D eigenvalue weighted by Crippen LogP contribution is 2.38. The van der Waals surface area contributed by atoms with Crippen molar-refractivity contribution in [2.75, 3.05) is 25.5 Å². The van der Waals surface area contributed by atoms with Crippen molar-refractivity contribution >= 4 is 11.8 Å².